The van der Waals surface area contributed by atoms with Gasteiger partial charge in [0.15, 0.2) is 5.11 Å². The molecule has 0 aliphatic carbocycles. The van der Waals surface area contributed by atoms with E-state index in [9.17, 15) is 9.59 Å². The summed E-state index contributed by atoms with van der Waals surface area (Å²) in [5, 5.41) is 11.5. The minimum Gasteiger partial charge on any atom is -0.465 e. The van der Waals surface area contributed by atoms with Gasteiger partial charge in [-0.1, -0.05) is 11.6 Å². The molecular formula is C18H24ClN5O3S2. The molecule has 2 rings (SSSR count). The van der Waals surface area contributed by atoms with Gasteiger partial charge in [0.2, 0.25) is 0 Å². The predicted molar refractivity (Wildman–Crippen MR) is 119 cm³/mol. The van der Waals surface area contributed by atoms with Gasteiger partial charge in [-0.15, -0.1) is 11.3 Å². The maximum atomic E-state index is 12.8. The van der Waals surface area contributed by atoms with E-state index in [0.717, 1.165) is 0 Å². The van der Waals surface area contributed by atoms with E-state index in [1.165, 1.54) is 18.4 Å². The van der Waals surface area contributed by atoms with Crippen molar-refractivity contribution in [3.8, 4) is 0 Å². The van der Waals surface area contributed by atoms with Crippen molar-refractivity contribution in [2.75, 3.05) is 32.1 Å². The molecule has 0 aliphatic rings. The molecule has 8 nitrogen and oxygen atoms in total. The van der Waals surface area contributed by atoms with Crippen molar-refractivity contribution < 1.29 is 14.3 Å². The van der Waals surface area contributed by atoms with Crippen LogP contribution >= 0.6 is 35.2 Å². The second kappa shape index (κ2) is 10.6. The number of thiophene rings is 1. The fourth-order valence-electron chi connectivity index (χ4n) is 2.70. The van der Waals surface area contributed by atoms with Gasteiger partial charge in [-0.3, -0.25) is 9.48 Å². The van der Waals surface area contributed by atoms with Crippen molar-refractivity contribution in [1.82, 2.24) is 20.0 Å². The Morgan fingerprint density at radius 3 is 2.62 bits per heavy atom. The Hall–Kier alpha value is -2.17. The number of esters is 1. The molecule has 0 aromatic carbocycles. The lowest BCUT2D eigenvalue weighted by atomic mass is 10.1. The number of carbonyl (C=O) groups excluding carboxylic acids is 2. The lowest BCUT2D eigenvalue weighted by Crippen LogP contribution is -2.31. The van der Waals surface area contributed by atoms with E-state index in [1.54, 1.807) is 28.9 Å². The van der Waals surface area contributed by atoms with Gasteiger partial charge < -0.3 is 20.3 Å². The molecule has 0 fully saturated rings. The molecule has 0 atom stereocenters. The molecule has 158 valence electrons. The van der Waals surface area contributed by atoms with Crippen molar-refractivity contribution in [3.63, 3.8) is 0 Å². The molecule has 29 heavy (non-hydrogen) atoms. The minimum absolute atomic E-state index is 0.120. The van der Waals surface area contributed by atoms with Gasteiger partial charge in [0.1, 0.15) is 5.00 Å². The number of halogens is 1. The van der Waals surface area contributed by atoms with E-state index >= 15 is 0 Å². The SMILES string of the molecule is CCN(CC)C(=O)c1sc(NC(=S)NCCn2cc(Cl)cn2)c(C(=O)OC)c1C. The van der Waals surface area contributed by atoms with E-state index in [1.807, 2.05) is 13.8 Å². The van der Waals surface area contributed by atoms with Gasteiger partial charge in [-0.25, -0.2) is 4.79 Å². The first-order valence-electron chi connectivity index (χ1n) is 9.06. The van der Waals surface area contributed by atoms with Crippen LogP contribution in [0.1, 0.15) is 39.4 Å². The topological polar surface area (TPSA) is 88.5 Å². The lowest BCUT2D eigenvalue weighted by molar-refractivity contribution is 0.0601. The van der Waals surface area contributed by atoms with Gasteiger partial charge in [-0.05, 0) is 38.6 Å². The van der Waals surface area contributed by atoms with Gasteiger partial charge >= 0.3 is 5.97 Å². The third-order valence-corrected chi connectivity index (χ3v) is 5.87. The number of hydrogen-bond donors (Lipinski definition) is 2. The number of rotatable bonds is 8. The first-order chi connectivity index (χ1) is 13.8. The normalized spacial score (nSPS) is 10.5. The lowest BCUT2D eigenvalue weighted by Gasteiger charge is -2.17. The van der Waals surface area contributed by atoms with Gasteiger partial charge in [0, 0.05) is 25.8 Å². The number of aromatic nitrogens is 2. The summed E-state index contributed by atoms with van der Waals surface area (Å²) in [5.74, 6) is -0.640. The summed E-state index contributed by atoms with van der Waals surface area (Å²) in [5.41, 5.74) is 0.895. The Labute approximate surface area is 184 Å². The van der Waals surface area contributed by atoms with Crippen molar-refractivity contribution in [3.05, 3.63) is 33.4 Å². The zero-order valence-corrected chi connectivity index (χ0v) is 19.1. The van der Waals surface area contributed by atoms with Crippen LogP contribution in [0.2, 0.25) is 5.02 Å². The zero-order chi connectivity index (χ0) is 21.6. The monoisotopic (exact) mass is 457 g/mol. The Morgan fingerprint density at radius 2 is 2.07 bits per heavy atom. The van der Waals surface area contributed by atoms with Crippen LogP contribution in [-0.4, -0.2) is 58.4 Å². The number of amides is 1. The van der Waals surface area contributed by atoms with Crippen LogP contribution in [0.5, 0.6) is 0 Å². The smallest absolute Gasteiger partial charge is 0.341 e. The molecule has 0 aliphatic heterocycles. The number of anilines is 1. The Kier molecular flexibility index (Phi) is 8.42. The summed E-state index contributed by atoms with van der Waals surface area (Å²) in [6, 6.07) is 0. The largest absolute Gasteiger partial charge is 0.465 e. The summed E-state index contributed by atoms with van der Waals surface area (Å²) in [4.78, 5) is 27.3. The van der Waals surface area contributed by atoms with Crippen molar-refractivity contribution in [2.24, 2.45) is 0 Å². The van der Waals surface area contributed by atoms with Crippen molar-refractivity contribution in [2.45, 2.75) is 27.3 Å². The van der Waals surface area contributed by atoms with Crippen LogP contribution in [0.25, 0.3) is 0 Å². The quantitative estimate of drug-likeness (QED) is 0.465. The molecule has 0 radical (unpaired) electrons. The fraction of sp³-hybridized carbons (Fsp3) is 0.444. The number of hydrogen-bond acceptors (Lipinski definition) is 6. The average molecular weight is 458 g/mol. The number of nitrogens with zero attached hydrogens (tertiary/aromatic N) is 3. The number of thiocarbonyl (C=S) groups is 1. The molecule has 1 amide bonds. The van der Waals surface area contributed by atoms with E-state index in [-0.39, 0.29) is 5.91 Å². The highest BCUT2D eigenvalue weighted by molar-refractivity contribution is 7.80. The second-order valence-corrected chi connectivity index (χ2v) is 7.90. The maximum absolute atomic E-state index is 12.8. The van der Waals surface area contributed by atoms with Gasteiger partial charge in [0.05, 0.1) is 35.3 Å². The standard InChI is InChI=1S/C18H24ClN5O3S2/c1-5-23(6-2)16(25)14-11(3)13(17(26)27-4)15(29-14)22-18(28)20-7-8-24-10-12(19)9-21-24/h9-10H,5-8H2,1-4H3,(H2,20,22,28). The van der Waals surface area contributed by atoms with Crippen LogP contribution in [0.3, 0.4) is 0 Å². The van der Waals surface area contributed by atoms with E-state index in [4.69, 9.17) is 28.6 Å². The van der Waals surface area contributed by atoms with Crippen LogP contribution in [0.4, 0.5) is 5.00 Å². The molecule has 0 unspecified atom stereocenters. The van der Waals surface area contributed by atoms with Crippen LogP contribution in [0.15, 0.2) is 12.4 Å². The first-order valence-corrected chi connectivity index (χ1v) is 10.7. The molecule has 0 bridgehead atoms. The number of methoxy groups -OCH3 is 1. The molecule has 2 aromatic heterocycles. The number of carbonyl (C=O) groups is 2. The van der Waals surface area contributed by atoms with Crippen LogP contribution in [-0.2, 0) is 11.3 Å². The number of ether oxygens (including phenoxy) is 1. The van der Waals surface area contributed by atoms with Crippen molar-refractivity contribution >= 4 is 57.1 Å². The Balaban J connectivity index is 2.15. The van der Waals surface area contributed by atoms with E-state index in [2.05, 4.69) is 15.7 Å². The number of nitrogens with one attached hydrogen (secondary N) is 2. The highest BCUT2D eigenvalue weighted by Gasteiger charge is 2.27. The molecule has 2 N–H and O–H groups in total. The van der Waals surface area contributed by atoms with Crippen LogP contribution < -0.4 is 10.6 Å². The van der Waals surface area contributed by atoms with E-state index < -0.39 is 5.97 Å². The van der Waals surface area contributed by atoms with Crippen LogP contribution in [0, 0.1) is 6.92 Å². The van der Waals surface area contributed by atoms with E-state index in [0.29, 0.717) is 57.3 Å². The predicted octanol–water partition coefficient (Wildman–Crippen LogP) is 3.16. The summed E-state index contributed by atoms with van der Waals surface area (Å²) in [6.07, 6.45) is 3.27. The molecule has 2 heterocycles. The third-order valence-electron chi connectivity index (χ3n) is 4.24. The molecule has 0 spiro atoms. The summed E-state index contributed by atoms with van der Waals surface area (Å²) < 4.78 is 6.59. The second-order valence-electron chi connectivity index (χ2n) is 6.03. The molecule has 2 aromatic rings. The van der Waals surface area contributed by atoms with Gasteiger partial charge in [0.25, 0.3) is 5.91 Å². The maximum Gasteiger partial charge on any atom is 0.341 e. The highest BCUT2D eigenvalue weighted by Crippen LogP contribution is 2.34. The summed E-state index contributed by atoms with van der Waals surface area (Å²) in [6.45, 7) is 7.80. The summed E-state index contributed by atoms with van der Waals surface area (Å²) >= 11 is 12.4. The summed E-state index contributed by atoms with van der Waals surface area (Å²) in [7, 11) is 1.31. The molecule has 0 saturated heterocycles. The Morgan fingerprint density at radius 1 is 1.38 bits per heavy atom. The van der Waals surface area contributed by atoms with Crippen molar-refractivity contribution in [1.29, 1.82) is 0 Å². The minimum atomic E-state index is -0.520. The van der Waals surface area contributed by atoms with Gasteiger partial charge in [-0.2, -0.15) is 5.10 Å². The Bertz CT molecular complexity index is 892. The molecular weight excluding hydrogens is 434 g/mol. The first kappa shape index (κ1) is 23.1. The average Bonchev–Trinajstić information content (AvgIpc) is 3.25. The zero-order valence-electron chi connectivity index (χ0n) is 16.7. The highest BCUT2D eigenvalue weighted by atomic mass is 35.5. The molecule has 0 saturated carbocycles. The third kappa shape index (κ3) is 5.68. The molecule has 11 heteroatoms. The fourth-order valence-corrected chi connectivity index (χ4v) is 4.29.